The van der Waals surface area contributed by atoms with Crippen molar-refractivity contribution in [2.24, 2.45) is 0 Å². The van der Waals surface area contributed by atoms with Crippen molar-refractivity contribution in [3.05, 3.63) is 194 Å². The Balaban J connectivity index is 0.000000748. The van der Waals surface area contributed by atoms with Crippen molar-refractivity contribution in [1.29, 1.82) is 0 Å². The normalized spacial score (nSPS) is 11.1. The molecule has 0 fully saturated rings. The molecule has 0 unspecified atom stereocenters. The second kappa shape index (κ2) is 14.8. The molecular formula is C48H32B5N2. The smallest absolute Gasteiger partial charge is 0.0541 e. The van der Waals surface area contributed by atoms with Crippen LogP contribution in [0.5, 0.6) is 0 Å². The number of aromatic nitrogens is 2. The number of hydrogen-bond acceptors (Lipinski definition) is 0. The molecule has 10 rings (SSSR count). The average Bonchev–Trinajstić information content (AvgIpc) is 3.76. The Hall–Kier alpha value is -6.32. The van der Waals surface area contributed by atoms with Gasteiger partial charge in [-0.15, -0.1) is 0 Å². The van der Waals surface area contributed by atoms with Crippen molar-refractivity contribution in [3.63, 3.8) is 0 Å². The summed E-state index contributed by atoms with van der Waals surface area (Å²) in [5, 5.41) is 5.01. The first-order valence-corrected chi connectivity index (χ1v) is 18.5. The van der Waals surface area contributed by atoms with E-state index in [1.807, 2.05) is 0 Å². The molecule has 7 radical (unpaired) electrons. The first-order valence-electron chi connectivity index (χ1n) is 18.5. The second-order valence-corrected chi connectivity index (χ2v) is 13.7. The van der Waals surface area contributed by atoms with Crippen LogP contribution in [0.2, 0.25) is 0 Å². The van der Waals surface area contributed by atoms with Crippen LogP contribution in [0.3, 0.4) is 0 Å². The molecule has 0 bridgehead atoms. The predicted octanol–water partition coefficient (Wildman–Crippen LogP) is 11.0. The van der Waals surface area contributed by atoms with Gasteiger partial charge in [-0.25, -0.2) is 0 Å². The zero-order valence-corrected chi connectivity index (χ0v) is 30.3. The summed E-state index contributed by atoms with van der Waals surface area (Å²) in [6, 6.07) is 70.4. The van der Waals surface area contributed by atoms with Crippen molar-refractivity contribution in [2.75, 3.05) is 0 Å². The summed E-state index contributed by atoms with van der Waals surface area (Å²) < 4.78 is 4.83. The van der Waals surface area contributed by atoms with E-state index in [-0.39, 0.29) is 0 Å². The summed E-state index contributed by atoms with van der Waals surface area (Å²) in [4.78, 5) is 0. The van der Waals surface area contributed by atoms with Gasteiger partial charge >= 0.3 is 0 Å². The highest BCUT2D eigenvalue weighted by molar-refractivity contribution is 7.60. The summed E-state index contributed by atoms with van der Waals surface area (Å²) >= 11 is 0. The van der Waals surface area contributed by atoms with Crippen molar-refractivity contribution in [1.82, 2.24) is 9.13 Å². The van der Waals surface area contributed by atoms with Crippen molar-refractivity contribution >= 4 is 80.3 Å². The summed E-state index contributed by atoms with van der Waals surface area (Å²) in [6.45, 7) is 0. The Kier molecular flexibility index (Phi) is 9.30. The van der Waals surface area contributed by atoms with Crippen LogP contribution in [0.4, 0.5) is 0 Å². The molecule has 249 valence electrons. The van der Waals surface area contributed by atoms with Gasteiger partial charge in [-0.05, 0) is 82.4 Å². The molecule has 0 spiro atoms. The van der Waals surface area contributed by atoms with E-state index in [0.717, 1.165) is 5.69 Å². The summed E-state index contributed by atoms with van der Waals surface area (Å²) in [5.41, 5.74) is 14.5. The SMILES string of the molecule is [B][B]B([B])[B].c1ccc(-c2cccc(-n3c4ccccc4c4cc(-c5ccc6c(c5)c5ccccc5n6-c5ccccc5-c5ccccc5)ccc43)c2)cc1. The Bertz CT molecular complexity index is 2950. The van der Waals surface area contributed by atoms with E-state index in [1.165, 1.54) is 89.7 Å². The van der Waals surface area contributed by atoms with Gasteiger partial charge in [0.2, 0.25) is 0 Å². The summed E-state index contributed by atoms with van der Waals surface area (Å²) in [6.07, 6.45) is -0.463. The molecule has 0 N–H and O–H groups in total. The number of para-hydroxylation sites is 3. The zero-order valence-electron chi connectivity index (χ0n) is 30.3. The van der Waals surface area contributed by atoms with Crippen LogP contribution in [0.15, 0.2) is 194 Å². The van der Waals surface area contributed by atoms with Gasteiger partial charge in [0, 0.05) is 69.5 Å². The van der Waals surface area contributed by atoms with E-state index >= 15 is 0 Å². The van der Waals surface area contributed by atoms with E-state index in [1.54, 1.807) is 0 Å². The van der Waals surface area contributed by atoms with Gasteiger partial charge in [0.15, 0.2) is 0 Å². The van der Waals surface area contributed by atoms with Gasteiger partial charge < -0.3 is 9.13 Å². The Morgan fingerprint density at radius 1 is 0.364 bits per heavy atom. The fourth-order valence-electron chi connectivity index (χ4n) is 7.83. The largest absolute Gasteiger partial charge is 0.309 e. The molecule has 0 saturated heterocycles. The lowest BCUT2D eigenvalue weighted by Crippen LogP contribution is -2.23. The molecule has 7 heteroatoms. The molecule has 2 nitrogen and oxygen atoms in total. The molecule has 2 aromatic heterocycles. The molecule has 2 heterocycles. The highest BCUT2D eigenvalue weighted by atomic mass is 15.0. The van der Waals surface area contributed by atoms with Gasteiger partial charge in [-0.1, -0.05) is 140 Å². The molecule has 0 amide bonds. The monoisotopic (exact) mass is 691 g/mol. The highest BCUT2D eigenvalue weighted by Crippen LogP contribution is 2.40. The Morgan fingerprint density at radius 3 is 1.44 bits per heavy atom. The minimum atomic E-state index is -0.463. The maximum absolute atomic E-state index is 4.89. The van der Waals surface area contributed by atoms with E-state index in [0.29, 0.717) is 0 Å². The van der Waals surface area contributed by atoms with Crippen LogP contribution in [0, 0.1) is 0 Å². The standard InChI is InChI=1S/C48H32N2.B5/c1-3-14-33(15-4-1)35-18-13-19-38(30-35)49-45-24-11-8-21-40(45)42-31-36(26-28-47(42)49)37-27-29-48-43(32-37)41-22-9-12-25-46(41)50(48)44-23-10-7-20-39(44)34-16-5-2-6-17-34;1-4-5(2)3/h1-32H;. The predicted molar refractivity (Wildman–Crippen MR) is 240 cm³/mol. The van der Waals surface area contributed by atoms with Crippen LogP contribution in [0.25, 0.3) is 88.4 Å². The van der Waals surface area contributed by atoms with Gasteiger partial charge in [0.05, 0.1) is 27.8 Å². The topological polar surface area (TPSA) is 9.86 Å². The molecule has 8 aromatic carbocycles. The first kappa shape index (κ1) is 34.5. The van der Waals surface area contributed by atoms with E-state index in [4.69, 9.17) is 23.2 Å². The van der Waals surface area contributed by atoms with Crippen molar-refractivity contribution < 1.29 is 0 Å². The summed E-state index contributed by atoms with van der Waals surface area (Å²) in [5.74, 6) is 0. The molecule has 10 aromatic rings. The third-order valence-electron chi connectivity index (χ3n) is 10.3. The molecule has 0 aliphatic carbocycles. The molecule has 0 aliphatic heterocycles. The van der Waals surface area contributed by atoms with Crippen LogP contribution in [-0.2, 0) is 0 Å². The third kappa shape index (κ3) is 6.40. The van der Waals surface area contributed by atoms with Crippen molar-refractivity contribution in [2.45, 2.75) is 0 Å². The number of fused-ring (bicyclic) bond motifs is 6. The average molecular weight is 691 g/mol. The van der Waals surface area contributed by atoms with Crippen molar-refractivity contribution in [3.8, 4) is 44.8 Å². The number of hydrogen-bond donors (Lipinski definition) is 0. The minimum absolute atomic E-state index is 0.463. The highest BCUT2D eigenvalue weighted by Gasteiger charge is 2.18. The molecular weight excluding hydrogens is 659 g/mol. The van der Waals surface area contributed by atoms with E-state index in [2.05, 4.69) is 203 Å². The second-order valence-electron chi connectivity index (χ2n) is 13.7. The third-order valence-corrected chi connectivity index (χ3v) is 10.3. The Labute approximate surface area is 326 Å². The van der Waals surface area contributed by atoms with Gasteiger partial charge in [0.1, 0.15) is 0 Å². The van der Waals surface area contributed by atoms with E-state index in [9.17, 15) is 0 Å². The van der Waals surface area contributed by atoms with Gasteiger partial charge in [-0.2, -0.15) is 0 Å². The molecule has 55 heavy (non-hydrogen) atoms. The minimum Gasteiger partial charge on any atom is -0.309 e. The fraction of sp³-hybridized carbons (Fsp3) is 0. The lowest BCUT2D eigenvalue weighted by Gasteiger charge is -2.14. The van der Waals surface area contributed by atoms with Crippen LogP contribution >= 0.6 is 0 Å². The zero-order chi connectivity index (χ0) is 37.3. The quantitative estimate of drug-likeness (QED) is 0.154. The molecule has 0 atom stereocenters. The Morgan fingerprint density at radius 2 is 0.818 bits per heavy atom. The summed E-state index contributed by atoms with van der Waals surface area (Å²) in [7, 11) is 15.8. The number of benzene rings is 8. The lowest BCUT2D eigenvalue weighted by molar-refractivity contribution is 1.18. The molecule has 0 aliphatic rings. The number of nitrogens with zero attached hydrogens (tertiary/aromatic N) is 2. The lowest BCUT2D eigenvalue weighted by atomic mass is 8.97. The maximum Gasteiger partial charge on any atom is 0.0541 e. The first-order chi connectivity index (χ1) is 27.1. The van der Waals surface area contributed by atoms with Gasteiger partial charge in [0.25, 0.3) is 0 Å². The van der Waals surface area contributed by atoms with Gasteiger partial charge in [-0.3, -0.25) is 0 Å². The van der Waals surface area contributed by atoms with E-state index < -0.39 is 6.39 Å². The van der Waals surface area contributed by atoms with Crippen LogP contribution in [0.1, 0.15) is 0 Å². The molecule has 0 saturated carbocycles. The van der Waals surface area contributed by atoms with Crippen LogP contribution in [-0.4, -0.2) is 45.8 Å². The fourth-order valence-corrected chi connectivity index (χ4v) is 7.83. The number of rotatable bonds is 6. The van der Waals surface area contributed by atoms with Crippen LogP contribution < -0.4 is 0 Å². The maximum atomic E-state index is 4.89.